The summed E-state index contributed by atoms with van der Waals surface area (Å²) in [5, 5.41) is 2.67. The first-order valence-corrected chi connectivity index (χ1v) is 21.6. The van der Waals surface area contributed by atoms with Crippen molar-refractivity contribution in [2.24, 2.45) is 5.41 Å². The standard InChI is InChI=1S/C37H49N3O8S3.H3N/c1-5-7-19-37(20-8-6-2)26-40(29-17-13-10-14-18-29)30-23-32(49-4)31(24-33(30)50(43,44)27-37)48-25-34(41)38-35(28-15-11-9-12-16-28)36(42)39(3)21-22-51(45,46)47;/h9-18,23-24,35H,5-8,19-22,25-27H2,1-4H3,(H,38,41)(H,45,46,47);1H3/t35-;/m1./s1. The number of sulfone groups is 1. The Labute approximate surface area is 312 Å². The Morgan fingerprint density at radius 2 is 1.62 bits per heavy atom. The van der Waals surface area contributed by atoms with Gasteiger partial charge in [0, 0.05) is 37.3 Å². The summed E-state index contributed by atoms with van der Waals surface area (Å²) in [7, 11) is -7.02. The molecule has 15 heteroatoms. The van der Waals surface area contributed by atoms with Crippen LogP contribution in [0, 0.1) is 5.41 Å². The fraction of sp³-hybridized carbons (Fsp3) is 0.459. The molecule has 1 atom stereocenters. The minimum absolute atomic E-state index is 0. The Morgan fingerprint density at radius 3 is 2.17 bits per heavy atom. The first-order chi connectivity index (χ1) is 24.2. The van der Waals surface area contributed by atoms with Crippen LogP contribution in [-0.4, -0.2) is 82.6 Å². The van der Waals surface area contributed by atoms with Gasteiger partial charge in [-0.15, -0.1) is 11.8 Å². The minimum Gasteiger partial charge on any atom is -0.748 e. The van der Waals surface area contributed by atoms with Gasteiger partial charge in [-0.3, -0.25) is 9.59 Å². The third-order valence-electron chi connectivity index (χ3n) is 9.15. The normalized spacial score (nSPS) is 15.4. The van der Waals surface area contributed by atoms with Gasteiger partial charge in [0.2, 0.25) is 5.91 Å². The first kappa shape index (κ1) is 42.8. The van der Waals surface area contributed by atoms with Crippen molar-refractivity contribution in [3.8, 4) is 5.75 Å². The molecule has 0 fully saturated rings. The van der Waals surface area contributed by atoms with Crippen LogP contribution in [0.25, 0.3) is 0 Å². The SMILES string of the molecule is CCCCC1(CCCC)CN(c2ccccc2)c2cc(SC)c(OCC(=O)N[C@@H](C(=O)N(C)CCS(=O)(=O)[O-])c3ccccc3)cc2S(=O)(=O)C1.[NH4+]. The van der Waals surface area contributed by atoms with Gasteiger partial charge in [-0.05, 0) is 42.9 Å². The second-order valence-corrected chi connectivity index (χ2v) is 17.4. The summed E-state index contributed by atoms with van der Waals surface area (Å²) in [4.78, 5) is 30.7. The molecule has 1 aliphatic heterocycles. The van der Waals surface area contributed by atoms with Crippen LogP contribution in [0.15, 0.2) is 82.6 Å². The third-order valence-corrected chi connectivity index (χ3v) is 12.6. The molecule has 0 saturated heterocycles. The summed E-state index contributed by atoms with van der Waals surface area (Å²) >= 11 is 1.37. The first-order valence-electron chi connectivity index (χ1n) is 17.2. The van der Waals surface area contributed by atoms with Crippen molar-refractivity contribution in [1.29, 1.82) is 0 Å². The number of carbonyl (C=O) groups excluding carboxylic acids is 2. The number of amides is 2. The molecular weight excluding hydrogens is 725 g/mol. The number of fused-ring (bicyclic) bond motifs is 1. The van der Waals surface area contributed by atoms with E-state index in [0.717, 1.165) is 49.1 Å². The molecule has 0 aliphatic carbocycles. The maximum absolute atomic E-state index is 14.4. The minimum atomic E-state index is -4.56. The molecule has 4 rings (SSSR count). The highest BCUT2D eigenvalue weighted by Crippen LogP contribution is 2.47. The third kappa shape index (κ3) is 11.2. The van der Waals surface area contributed by atoms with Gasteiger partial charge in [0.1, 0.15) is 11.8 Å². The van der Waals surface area contributed by atoms with Crippen LogP contribution in [0.3, 0.4) is 0 Å². The van der Waals surface area contributed by atoms with E-state index < -0.39 is 55.6 Å². The molecule has 0 radical (unpaired) electrons. The Kier molecular flexibility index (Phi) is 15.6. The van der Waals surface area contributed by atoms with E-state index in [1.807, 2.05) is 42.7 Å². The molecule has 1 heterocycles. The predicted molar refractivity (Wildman–Crippen MR) is 206 cm³/mol. The highest BCUT2D eigenvalue weighted by Gasteiger charge is 2.42. The van der Waals surface area contributed by atoms with Gasteiger partial charge in [-0.1, -0.05) is 88.1 Å². The number of carbonyl (C=O) groups is 2. The van der Waals surface area contributed by atoms with E-state index in [2.05, 4.69) is 24.1 Å². The lowest BCUT2D eigenvalue weighted by atomic mass is 9.79. The summed E-state index contributed by atoms with van der Waals surface area (Å²) in [5.74, 6) is -1.82. The number of unbranched alkanes of at least 4 members (excludes halogenated alkanes) is 2. The fourth-order valence-corrected chi connectivity index (χ4v) is 9.60. The van der Waals surface area contributed by atoms with Crippen molar-refractivity contribution < 1.29 is 35.7 Å². The van der Waals surface area contributed by atoms with Crippen molar-refractivity contribution in [1.82, 2.24) is 16.4 Å². The zero-order valence-corrected chi connectivity index (χ0v) is 33.1. The second kappa shape index (κ2) is 18.9. The molecule has 0 unspecified atom stereocenters. The number of hydrogen-bond acceptors (Lipinski definition) is 10. The predicted octanol–water partition coefficient (Wildman–Crippen LogP) is 6.32. The number of rotatable bonds is 17. The van der Waals surface area contributed by atoms with Crippen molar-refractivity contribution in [2.45, 2.75) is 68.2 Å². The summed E-state index contributed by atoms with van der Waals surface area (Å²) in [6, 6.07) is 20.4. The quantitative estimate of drug-likeness (QED) is 0.116. The lowest BCUT2D eigenvalue weighted by Crippen LogP contribution is -2.44. The van der Waals surface area contributed by atoms with Crippen LogP contribution >= 0.6 is 11.8 Å². The van der Waals surface area contributed by atoms with Crippen LogP contribution in [0.4, 0.5) is 11.4 Å². The Bertz CT molecular complexity index is 1850. The van der Waals surface area contributed by atoms with E-state index in [0.29, 0.717) is 22.7 Å². The van der Waals surface area contributed by atoms with Crippen molar-refractivity contribution in [3.05, 3.63) is 78.4 Å². The lowest BCUT2D eigenvalue weighted by molar-refractivity contribution is -0.136. The molecule has 52 heavy (non-hydrogen) atoms. The lowest BCUT2D eigenvalue weighted by Gasteiger charge is -2.37. The molecule has 12 nitrogen and oxygen atoms in total. The molecule has 3 aromatic carbocycles. The zero-order chi connectivity index (χ0) is 37.2. The molecule has 286 valence electrons. The van der Waals surface area contributed by atoms with E-state index in [1.165, 1.54) is 24.9 Å². The maximum atomic E-state index is 14.4. The molecular formula is C37H52N4O8S3. The smallest absolute Gasteiger partial charge is 0.258 e. The van der Waals surface area contributed by atoms with E-state index in [4.69, 9.17) is 4.74 Å². The van der Waals surface area contributed by atoms with E-state index in [9.17, 15) is 31.0 Å². The molecule has 3 aromatic rings. The average molecular weight is 777 g/mol. The fourth-order valence-electron chi connectivity index (χ4n) is 6.44. The number of thioether (sulfide) groups is 1. The Hall–Kier alpha value is -3.63. The van der Waals surface area contributed by atoms with Crippen molar-refractivity contribution in [3.63, 3.8) is 0 Å². The topological polar surface area (TPSA) is 190 Å². The van der Waals surface area contributed by atoms with Gasteiger partial charge in [0.05, 0.1) is 37.1 Å². The van der Waals surface area contributed by atoms with Crippen molar-refractivity contribution in [2.75, 3.05) is 49.4 Å². The average Bonchev–Trinajstić information content (AvgIpc) is 3.21. The van der Waals surface area contributed by atoms with Crippen molar-refractivity contribution >= 4 is 54.9 Å². The summed E-state index contributed by atoms with van der Waals surface area (Å²) < 4.78 is 68.3. The molecule has 5 N–H and O–H groups in total. The summed E-state index contributed by atoms with van der Waals surface area (Å²) in [5.41, 5.74) is 1.44. The highest BCUT2D eigenvalue weighted by molar-refractivity contribution is 7.98. The Morgan fingerprint density at radius 1 is 1.02 bits per heavy atom. The largest absolute Gasteiger partial charge is 0.748 e. The molecule has 0 spiro atoms. The van der Waals surface area contributed by atoms with Gasteiger partial charge in [-0.2, -0.15) is 0 Å². The number of para-hydroxylation sites is 1. The number of ether oxygens (including phenoxy) is 1. The van der Waals surface area contributed by atoms with E-state index >= 15 is 0 Å². The molecule has 0 saturated carbocycles. The summed E-state index contributed by atoms with van der Waals surface area (Å²) in [6.45, 7) is 3.90. The van der Waals surface area contributed by atoms with Gasteiger partial charge in [0.15, 0.2) is 16.4 Å². The summed E-state index contributed by atoms with van der Waals surface area (Å²) in [6.07, 6.45) is 7.15. The van der Waals surface area contributed by atoms with Gasteiger partial charge in [0.25, 0.3) is 5.91 Å². The van der Waals surface area contributed by atoms with Crippen LogP contribution in [0.5, 0.6) is 5.75 Å². The molecule has 1 aliphatic rings. The van der Waals surface area contributed by atoms with Gasteiger partial charge < -0.3 is 30.6 Å². The van der Waals surface area contributed by atoms with E-state index in [1.54, 1.807) is 30.3 Å². The van der Waals surface area contributed by atoms with Crippen LogP contribution in [0.2, 0.25) is 0 Å². The number of likely N-dealkylation sites (N-methyl/N-ethyl adjacent to an activating group) is 1. The number of quaternary nitrogens is 1. The van der Waals surface area contributed by atoms with Gasteiger partial charge in [-0.25, -0.2) is 16.8 Å². The van der Waals surface area contributed by atoms with E-state index in [-0.39, 0.29) is 29.1 Å². The number of benzene rings is 3. The zero-order valence-electron chi connectivity index (χ0n) is 30.7. The monoisotopic (exact) mass is 776 g/mol. The van der Waals surface area contributed by atoms with Crippen LogP contribution in [-0.2, 0) is 29.5 Å². The van der Waals surface area contributed by atoms with Crippen LogP contribution < -0.4 is 21.1 Å². The number of nitrogens with zero attached hydrogens (tertiary/aromatic N) is 2. The molecule has 2 amide bonds. The maximum Gasteiger partial charge on any atom is 0.258 e. The second-order valence-electron chi connectivity index (χ2n) is 13.1. The molecule has 0 bridgehead atoms. The number of anilines is 2. The van der Waals surface area contributed by atoms with Crippen LogP contribution in [0.1, 0.15) is 64.0 Å². The number of nitrogens with one attached hydrogen (secondary N) is 1. The number of hydrogen-bond donors (Lipinski definition) is 2. The van der Waals surface area contributed by atoms with Gasteiger partial charge >= 0.3 is 0 Å². The highest BCUT2D eigenvalue weighted by atomic mass is 32.2. The molecule has 0 aromatic heterocycles. The Balaban J connectivity index is 0.00000729.